The van der Waals surface area contributed by atoms with Gasteiger partial charge in [-0.2, -0.15) is 0 Å². The normalized spacial score (nSPS) is 17.9. The van der Waals surface area contributed by atoms with Crippen molar-refractivity contribution in [2.24, 2.45) is 0 Å². The van der Waals surface area contributed by atoms with E-state index < -0.39 is 7.82 Å². The van der Waals surface area contributed by atoms with E-state index in [1.165, 1.54) is 51.4 Å². The highest BCUT2D eigenvalue weighted by Crippen LogP contribution is 2.65. The highest BCUT2D eigenvalue weighted by Gasteiger charge is 2.34. The first kappa shape index (κ1) is 17.9. The molecule has 0 aromatic carbocycles. The van der Waals surface area contributed by atoms with Gasteiger partial charge in [-0.3, -0.25) is 4.52 Å². The van der Waals surface area contributed by atoms with E-state index in [-0.39, 0.29) is 0 Å². The molecule has 0 unspecified atom stereocenters. The van der Waals surface area contributed by atoms with Crippen molar-refractivity contribution in [3.05, 3.63) is 0 Å². The topological polar surface area (TPSA) is 44.8 Å². The molecule has 1 heterocycles. The summed E-state index contributed by atoms with van der Waals surface area (Å²) in [6.07, 6.45) is 12.7. The lowest BCUT2D eigenvalue weighted by Gasteiger charge is -2.07. The molecule has 0 aliphatic carbocycles. The molecule has 0 aromatic rings. The van der Waals surface area contributed by atoms with Gasteiger partial charge >= 0.3 is 7.82 Å². The summed E-state index contributed by atoms with van der Waals surface area (Å²) in [5.74, 6) is 0. The standard InChI is InChI=1S/C12H25O4PS2/c1-2-3-4-5-6-7-8-9-10-11-12-14-17(13)15-18-19-16-17/h2-12H2,1H3. The van der Waals surface area contributed by atoms with Crippen molar-refractivity contribution in [3.8, 4) is 0 Å². The van der Waals surface area contributed by atoms with Crippen molar-refractivity contribution in [1.82, 2.24) is 0 Å². The first-order chi connectivity index (χ1) is 9.27. The summed E-state index contributed by atoms with van der Waals surface area (Å²) in [5.41, 5.74) is 0. The van der Waals surface area contributed by atoms with Gasteiger partial charge in [0.25, 0.3) is 0 Å². The number of hydrogen-bond donors (Lipinski definition) is 0. The largest absolute Gasteiger partial charge is 0.498 e. The fourth-order valence-electron chi connectivity index (χ4n) is 1.92. The first-order valence-electron chi connectivity index (χ1n) is 7.23. The second-order valence-corrected chi connectivity index (χ2v) is 8.18. The Morgan fingerprint density at radius 2 is 1.32 bits per heavy atom. The SMILES string of the molecule is CCCCCCCCCCCCOP1(=O)OSSO1. The maximum atomic E-state index is 11.6. The third-order valence-electron chi connectivity index (χ3n) is 3.02. The van der Waals surface area contributed by atoms with Crippen molar-refractivity contribution < 1.29 is 17.0 Å². The Kier molecular flexibility index (Phi) is 10.8. The van der Waals surface area contributed by atoms with E-state index in [0.717, 1.165) is 35.0 Å². The Bertz CT molecular complexity index is 256. The van der Waals surface area contributed by atoms with Gasteiger partial charge in [0, 0.05) is 0 Å². The van der Waals surface area contributed by atoms with Crippen molar-refractivity contribution in [2.45, 2.75) is 71.1 Å². The van der Waals surface area contributed by atoms with Gasteiger partial charge in [-0.05, 0) is 6.42 Å². The van der Waals surface area contributed by atoms with Crippen LogP contribution in [0.15, 0.2) is 0 Å². The summed E-state index contributed by atoms with van der Waals surface area (Å²) in [6.45, 7) is 2.70. The third-order valence-corrected chi connectivity index (χ3v) is 6.78. The molecule has 7 heteroatoms. The van der Waals surface area contributed by atoms with Crippen LogP contribution in [0, 0.1) is 0 Å². The summed E-state index contributed by atoms with van der Waals surface area (Å²) in [5, 5.41) is 0. The molecule has 0 saturated carbocycles. The van der Waals surface area contributed by atoms with Crippen molar-refractivity contribution >= 4 is 30.0 Å². The van der Waals surface area contributed by atoms with Crippen LogP contribution >= 0.6 is 30.0 Å². The van der Waals surface area contributed by atoms with Gasteiger partial charge in [0.1, 0.15) is 22.1 Å². The molecule has 1 saturated heterocycles. The van der Waals surface area contributed by atoms with E-state index in [1.54, 1.807) is 0 Å². The minimum Gasteiger partial charge on any atom is -0.286 e. The predicted octanol–water partition coefficient (Wildman–Crippen LogP) is 6.29. The fourth-order valence-corrected chi connectivity index (χ4v) is 5.52. The molecule has 1 rings (SSSR count). The number of unbranched alkanes of at least 4 members (excludes halogenated alkanes) is 9. The molecule has 1 aliphatic heterocycles. The van der Waals surface area contributed by atoms with E-state index in [1.807, 2.05) is 0 Å². The highest BCUT2D eigenvalue weighted by atomic mass is 33.1. The van der Waals surface area contributed by atoms with Crippen LogP contribution in [0.3, 0.4) is 0 Å². The van der Waals surface area contributed by atoms with E-state index in [0.29, 0.717) is 6.61 Å². The lowest BCUT2D eigenvalue weighted by molar-refractivity contribution is 0.226. The molecule has 0 bridgehead atoms. The smallest absolute Gasteiger partial charge is 0.286 e. The van der Waals surface area contributed by atoms with Gasteiger partial charge in [0.05, 0.1) is 6.61 Å². The Labute approximate surface area is 125 Å². The lowest BCUT2D eigenvalue weighted by Crippen LogP contribution is -1.92. The quantitative estimate of drug-likeness (QED) is 0.181. The first-order valence-corrected chi connectivity index (χ1v) is 10.7. The maximum absolute atomic E-state index is 11.6. The third kappa shape index (κ3) is 9.38. The van der Waals surface area contributed by atoms with Gasteiger partial charge in [0.2, 0.25) is 0 Å². The number of rotatable bonds is 12. The molecule has 0 aromatic heterocycles. The summed E-state index contributed by atoms with van der Waals surface area (Å²) >= 11 is 1.94. The van der Waals surface area contributed by atoms with Crippen LogP contribution < -0.4 is 0 Å². The molecule has 19 heavy (non-hydrogen) atoms. The van der Waals surface area contributed by atoms with Crippen LogP contribution in [0.4, 0.5) is 0 Å². The molecule has 1 aliphatic rings. The number of hydrogen-bond acceptors (Lipinski definition) is 6. The zero-order chi connectivity index (χ0) is 13.8. The molecular weight excluding hydrogens is 303 g/mol. The molecule has 0 spiro atoms. The van der Waals surface area contributed by atoms with Gasteiger partial charge in [0.15, 0.2) is 0 Å². The van der Waals surface area contributed by atoms with Gasteiger partial charge < -0.3 is 0 Å². The highest BCUT2D eigenvalue weighted by molar-refractivity contribution is 8.75. The van der Waals surface area contributed by atoms with Crippen molar-refractivity contribution in [1.29, 1.82) is 0 Å². The zero-order valence-corrected chi connectivity index (χ0v) is 14.2. The van der Waals surface area contributed by atoms with Gasteiger partial charge in [-0.25, -0.2) is 12.5 Å². The van der Waals surface area contributed by atoms with Crippen LogP contribution in [-0.4, -0.2) is 6.61 Å². The molecule has 0 atom stereocenters. The van der Waals surface area contributed by atoms with Crippen LogP contribution in [-0.2, 0) is 17.0 Å². The molecule has 4 nitrogen and oxygen atoms in total. The van der Waals surface area contributed by atoms with Crippen molar-refractivity contribution in [2.75, 3.05) is 6.61 Å². The molecule has 0 N–H and O–H groups in total. The summed E-state index contributed by atoms with van der Waals surface area (Å²) in [4.78, 5) is 0. The van der Waals surface area contributed by atoms with Crippen molar-refractivity contribution in [3.63, 3.8) is 0 Å². The Hall–Kier alpha value is 0.810. The Morgan fingerprint density at radius 1 is 0.842 bits per heavy atom. The van der Waals surface area contributed by atoms with Crippen LogP contribution in [0.2, 0.25) is 0 Å². The second-order valence-electron chi connectivity index (χ2n) is 4.75. The van der Waals surface area contributed by atoms with E-state index in [2.05, 4.69) is 6.92 Å². The van der Waals surface area contributed by atoms with E-state index in [4.69, 9.17) is 12.5 Å². The Balaban J connectivity index is 1.77. The average Bonchev–Trinajstić information content (AvgIpc) is 2.83. The predicted molar refractivity (Wildman–Crippen MR) is 82.8 cm³/mol. The molecule has 0 amide bonds. The van der Waals surface area contributed by atoms with E-state index in [9.17, 15) is 4.57 Å². The molecule has 114 valence electrons. The second kappa shape index (κ2) is 11.5. The fraction of sp³-hybridized carbons (Fsp3) is 1.00. The van der Waals surface area contributed by atoms with Crippen LogP contribution in [0.1, 0.15) is 71.1 Å². The molecule has 1 fully saturated rings. The minimum absolute atomic E-state index is 0.453. The lowest BCUT2D eigenvalue weighted by atomic mass is 10.1. The molecule has 0 radical (unpaired) electrons. The number of phosphoric acid groups is 1. The summed E-state index contributed by atoms with van der Waals surface area (Å²) in [7, 11) is -3.22. The minimum atomic E-state index is -3.22. The van der Waals surface area contributed by atoms with Gasteiger partial charge in [-0.1, -0.05) is 64.7 Å². The zero-order valence-electron chi connectivity index (χ0n) is 11.7. The van der Waals surface area contributed by atoms with Crippen LogP contribution in [0.25, 0.3) is 0 Å². The summed E-state index contributed by atoms with van der Waals surface area (Å²) < 4.78 is 26.3. The van der Waals surface area contributed by atoms with Gasteiger partial charge in [-0.15, -0.1) is 0 Å². The van der Waals surface area contributed by atoms with E-state index >= 15 is 0 Å². The Morgan fingerprint density at radius 3 is 1.84 bits per heavy atom. The monoisotopic (exact) mass is 328 g/mol. The molecular formula is C12H25O4PS2. The average molecular weight is 328 g/mol. The maximum Gasteiger partial charge on any atom is 0.498 e. The summed E-state index contributed by atoms with van der Waals surface area (Å²) in [6, 6.07) is 0. The van der Waals surface area contributed by atoms with Crippen LogP contribution in [0.5, 0.6) is 0 Å².